The van der Waals surface area contributed by atoms with Crippen LogP contribution in [0.1, 0.15) is 28.4 Å². The van der Waals surface area contributed by atoms with E-state index in [2.05, 4.69) is 17.4 Å². The molecule has 39 heavy (non-hydrogen) atoms. The molecule has 0 aliphatic carbocycles. The lowest BCUT2D eigenvalue weighted by Crippen LogP contribution is -2.51. The van der Waals surface area contributed by atoms with Gasteiger partial charge in [0.15, 0.2) is 11.6 Å². The Balaban J connectivity index is 1.51. The average Bonchev–Trinajstić information content (AvgIpc) is 3.45. The summed E-state index contributed by atoms with van der Waals surface area (Å²) in [4.78, 5) is 44.4. The highest BCUT2D eigenvalue weighted by Crippen LogP contribution is 2.58. The van der Waals surface area contributed by atoms with E-state index in [0.717, 1.165) is 27.6 Å². The van der Waals surface area contributed by atoms with Gasteiger partial charge < -0.3 is 15.0 Å². The van der Waals surface area contributed by atoms with Gasteiger partial charge in [-0.3, -0.25) is 14.4 Å². The summed E-state index contributed by atoms with van der Waals surface area (Å²) in [6.07, 6.45) is 4.06. The molecule has 0 bridgehead atoms. The molecule has 4 aromatic rings. The third kappa shape index (κ3) is 3.05. The Morgan fingerprint density at radius 3 is 2.44 bits per heavy atom. The molecule has 0 saturated carbocycles. The maximum Gasteiger partial charge on any atom is 0.238 e. The third-order valence-electron chi connectivity index (χ3n) is 8.61. The average molecular weight is 515 g/mol. The number of nitrogens with zero attached hydrogens (tertiary/aromatic N) is 1. The second-order valence-electron chi connectivity index (χ2n) is 10.4. The normalized spacial score (nSPS) is 24.3. The number of para-hydroxylation sites is 1. The van der Waals surface area contributed by atoms with Crippen LogP contribution in [0.5, 0.6) is 5.75 Å². The van der Waals surface area contributed by atoms with Gasteiger partial charge in [-0.25, -0.2) is 0 Å². The number of rotatable bonds is 4. The summed E-state index contributed by atoms with van der Waals surface area (Å²) in [5.41, 5.74) is 2.40. The minimum Gasteiger partial charge on any atom is -0.497 e. The maximum atomic E-state index is 14.5. The zero-order valence-electron chi connectivity index (χ0n) is 21.5. The molecule has 1 spiro atoms. The summed E-state index contributed by atoms with van der Waals surface area (Å²) in [5, 5.41) is 5.19. The molecular weight excluding hydrogens is 488 g/mol. The van der Waals surface area contributed by atoms with Crippen molar-refractivity contribution in [1.29, 1.82) is 0 Å². The number of hydrogen-bond donors (Lipinski definition) is 1. The van der Waals surface area contributed by atoms with E-state index in [-0.39, 0.29) is 17.5 Å². The molecular formula is C33H26N2O4. The van der Waals surface area contributed by atoms with Crippen molar-refractivity contribution in [2.75, 3.05) is 17.3 Å². The molecule has 6 nitrogen and oxygen atoms in total. The largest absolute Gasteiger partial charge is 0.497 e. The van der Waals surface area contributed by atoms with Gasteiger partial charge in [0.1, 0.15) is 11.2 Å². The molecule has 192 valence electrons. The smallest absolute Gasteiger partial charge is 0.238 e. The third-order valence-corrected chi connectivity index (χ3v) is 8.61. The lowest BCUT2D eigenvalue weighted by Gasteiger charge is -2.38. The minimum atomic E-state index is -1.29. The standard InChI is InChI=1S/C33H26N2O4/c1-19(36)30-29(31(37)21-11-14-22(39-2)15-12-21)33(25-9-5-6-10-26(25)34-32(33)38)28-18-16-24-23-8-4-3-7-20(23)13-17-27(24)35(28)30/h3-18,28-30H,1-2H3,(H,34,38)/t28-,29+,30+,33+/m1/s1. The molecule has 0 radical (unpaired) electrons. The van der Waals surface area contributed by atoms with Crippen LogP contribution in [-0.2, 0) is 15.0 Å². The zero-order valence-corrected chi connectivity index (χ0v) is 21.5. The van der Waals surface area contributed by atoms with Gasteiger partial charge in [-0.1, -0.05) is 60.7 Å². The summed E-state index contributed by atoms with van der Waals surface area (Å²) in [7, 11) is 1.57. The van der Waals surface area contributed by atoms with Crippen molar-refractivity contribution in [3.8, 4) is 5.75 Å². The van der Waals surface area contributed by atoms with E-state index in [0.29, 0.717) is 17.0 Å². The fourth-order valence-corrected chi connectivity index (χ4v) is 7.02. The van der Waals surface area contributed by atoms with Gasteiger partial charge in [-0.15, -0.1) is 0 Å². The molecule has 4 atom stereocenters. The van der Waals surface area contributed by atoms with Crippen molar-refractivity contribution in [3.63, 3.8) is 0 Å². The first-order valence-corrected chi connectivity index (χ1v) is 13.0. The van der Waals surface area contributed by atoms with Crippen molar-refractivity contribution >= 4 is 45.7 Å². The number of carbonyl (C=O) groups excluding carboxylic acids is 3. The number of amides is 1. The number of nitrogens with one attached hydrogen (secondary N) is 1. The van der Waals surface area contributed by atoms with E-state index >= 15 is 0 Å². The van der Waals surface area contributed by atoms with Crippen LogP contribution in [-0.4, -0.2) is 36.7 Å². The molecule has 3 aliphatic heterocycles. The fraction of sp³-hybridized carbons (Fsp3) is 0.182. The summed E-state index contributed by atoms with van der Waals surface area (Å²) in [6, 6.07) is 25.2. The highest BCUT2D eigenvalue weighted by Gasteiger charge is 2.69. The number of methoxy groups -OCH3 is 1. The Bertz CT molecular complexity index is 1720. The van der Waals surface area contributed by atoms with E-state index in [1.165, 1.54) is 6.92 Å². The number of hydrogen-bond acceptors (Lipinski definition) is 5. The van der Waals surface area contributed by atoms with Gasteiger partial charge in [-0.05, 0) is 59.7 Å². The quantitative estimate of drug-likeness (QED) is 0.369. The second-order valence-corrected chi connectivity index (χ2v) is 10.4. The van der Waals surface area contributed by atoms with Gasteiger partial charge in [-0.2, -0.15) is 0 Å². The molecule has 1 N–H and O–H groups in total. The maximum absolute atomic E-state index is 14.5. The second kappa shape index (κ2) is 8.40. The lowest BCUT2D eigenvalue weighted by molar-refractivity contribution is -0.122. The van der Waals surface area contributed by atoms with Crippen molar-refractivity contribution in [2.45, 2.75) is 24.4 Å². The van der Waals surface area contributed by atoms with E-state index in [1.807, 2.05) is 65.6 Å². The number of Topliss-reactive ketones (excluding diaryl/α,β-unsaturated/α-hetero) is 2. The molecule has 1 saturated heterocycles. The van der Waals surface area contributed by atoms with Crippen LogP contribution in [0.3, 0.4) is 0 Å². The lowest BCUT2D eigenvalue weighted by atomic mass is 9.64. The fourth-order valence-electron chi connectivity index (χ4n) is 7.02. The molecule has 3 heterocycles. The summed E-state index contributed by atoms with van der Waals surface area (Å²) in [5.74, 6) is -0.978. The Hall–Kier alpha value is -4.71. The number of ether oxygens (including phenoxy) is 1. The molecule has 7 rings (SSSR count). The predicted octanol–water partition coefficient (Wildman–Crippen LogP) is 5.41. The topological polar surface area (TPSA) is 75.7 Å². The molecule has 1 amide bonds. The first-order chi connectivity index (χ1) is 19.0. The Morgan fingerprint density at radius 1 is 0.923 bits per heavy atom. The van der Waals surface area contributed by atoms with E-state index in [1.54, 1.807) is 31.4 Å². The summed E-state index contributed by atoms with van der Waals surface area (Å²) in [6.45, 7) is 1.52. The van der Waals surface area contributed by atoms with E-state index < -0.39 is 23.4 Å². The summed E-state index contributed by atoms with van der Waals surface area (Å²) >= 11 is 0. The van der Waals surface area contributed by atoms with Crippen LogP contribution in [0.4, 0.5) is 11.4 Å². The number of carbonyl (C=O) groups is 3. The molecule has 0 aromatic heterocycles. The van der Waals surface area contributed by atoms with Crippen LogP contribution in [0, 0.1) is 5.92 Å². The highest BCUT2D eigenvalue weighted by molar-refractivity contribution is 6.17. The first-order valence-electron chi connectivity index (χ1n) is 13.0. The molecule has 0 unspecified atom stereocenters. The minimum absolute atomic E-state index is 0.157. The van der Waals surface area contributed by atoms with Crippen LogP contribution in [0.25, 0.3) is 16.8 Å². The molecule has 6 heteroatoms. The van der Waals surface area contributed by atoms with E-state index in [9.17, 15) is 14.4 Å². The Morgan fingerprint density at radius 2 is 1.67 bits per heavy atom. The van der Waals surface area contributed by atoms with Crippen molar-refractivity contribution < 1.29 is 19.1 Å². The van der Waals surface area contributed by atoms with Crippen LogP contribution >= 0.6 is 0 Å². The van der Waals surface area contributed by atoms with Gasteiger partial charge in [0, 0.05) is 22.5 Å². The van der Waals surface area contributed by atoms with Crippen molar-refractivity contribution in [3.05, 3.63) is 108 Å². The van der Waals surface area contributed by atoms with Gasteiger partial charge in [0.25, 0.3) is 0 Å². The van der Waals surface area contributed by atoms with Crippen LogP contribution in [0.2, 0.25) is 0 Å². The molecule has 4 aromatic carbocycles. The zero-order chi connectivity index (χ0) is 26.9. The number of ketones is 2. The van der Waals surface area contributed by atoms with Crippen molar-refractivity contribution in [2.24, 2.45) is 5.92 Å². The number of benzene rings is 4. The summed E-state index contributed by atoms with van der Waals surface area (Å²) < 4.78 is 5.30. The monoisotopic (exact) mass is 514 g/mol. The van der Waals surface area contributed by atoms with Crippen LogP contribution in [0.15, 0.2) is 91.0 Å². The first kappa shape index (κ1) is 23.4. The molecule has 3 aliphatic rings. The van der Waals surface area contributed by atoms with Gasteiger partial charge in [0.2, 0.25) is 5.91 Å². The van der Waals surface area contributed by atoms with Gasteiger partial charge >= 0.3 is 0 Å². The molecule has 1 fully saturated rings. The Labute approximate surface area is 225 Å². The Kier molecular flexibility index (Phi) is 5.04. The SMILES string of the molecule is COc1ccc(C(=O)[C@@H]2[C@H](C(C)=O)N3c4ccc5ccccc5c4C=C[C@@H]3[C@]23C(=O)Nc2ccccc23)cc1. The van der Waals surface area contributed by atoms with Crippen LogP contribution < -0.4 is 15.0 Å². The highest BCUT2D eigenvalue weighted by atomic mass is 16.5. The van der Waals surface area contributed by atoms with Gasteiger partial charge in [0.05, 0.1) is 25.1 Å². The number of anilines is 2. The number of fused-ring (bicyclic) bond motifs is 8. The van der Waals surface area contributed by atoms with E-state index in [4.69, 9.17) is 4.74 Å². The van der Waals surface area contributed by atoms with Crippen molar-refractivity contribution in [1.82, 2.24) is 0 Å². The predicted molar refractivity (Wildman–Crippen MR) is 151 cm³/mol.